The summed E-state index contributed by atoms with van der Waals surface area (Å²) >= 11 is 0. The summed E-state index contributed by atoms with van der Waals surface area (Å²) in [6.07, 6.45) is 18.1. The number of ether oxygens (including phenoxy) is 3. The van der Waals surface area contributed by atoms with Gasteiger partial charge in [-0.15, -0.1) is 0 Å². The van der Waals surface area contributed by atoms with Crippen LogP contribution >= 0.6 is 0 Å². The van der Waals surface area contributed by atoms with Gasteiger partial charge in [0.05, 0.1) is 43.7 Å². The van der Waals surface area contributed by atoms with E-state index in [2.05, 4.69) is 57.7 Å². The number of hydrogen-bond donors (Lipinski definition) is 1. The van der Waals surface area contributed by atoms with Gasteiger partial charge in [0.1, 0.15) is 0 Å². The summed E-state index contributed by atoms with van der Waals surface area (Å²) in [5, 5.41) is 10.6. The van der Waals surface area contributed by atoms with E-state index in [4.69, 9.17) is 14.2 Å². The number of rotatable bonds is 12. The molecule has 0 spiro atoms. The highest BCUT2D eigenvalue weighted by molar-refractivity contribution is 5.09. The number of aliphatic hydroxyl groups is 1. The fourth-order valence-electron chi connectivity index (χ4n) is 4.63. The highest BCUT2D eigenvalue weighted by Gasteiger charge is 2.40. The lowest BCUT2D eigenvalue weighted by molar-refractivity contribution is 0.0509. The molecule has 7 atom stereocenters. The molecule has 0 aliphatic carbocycles. The fraction of sp³-hybridized carbons (Fsp3) is 0.704. The molecule has 1 N–H and O–H groups in total. The zero-order chi connectivity index (χ0) is 22.2. The van der Waals surface area contributed by atoms with Gasteiger partial charge in [-0.25, -0.2) is 0 Å². The molecule has 3 heterocycles. The minimum Gasteiger partial charge on any atom is -0.392 e. The van der Waals surface area contributed by atoms with Crippen molar-refractivity contribution in [1.82, 2.24) is 0 Å². The Morgan fingerprint density at radius 3 is 2.77 bits per heavy atom. The zero-order valence-corrected chi connectivity index (χ0v) is 19.7. The van der Waals surface area contributed by atoms with Crippen LogP contribution in [0.25, 0.3) is 0 Å². The van der Waals surface area contributed by atoms with Gasteiger partial charge in [0.25, 0.3) is 0 Å². The summed E-state index contributed by atoms with van der Waals surface area (Å²) in [5.74, 6) is 0.703. The van der Waals surface area contributed by atoms with Gasteiger partial charge >= 0.3 is 0 Å². The Labute approximate surface area is 189 Å². The molecule has 1 saturated heterocycles. The lowest BCUT2D eigenvalue weighted by Gasteiger charge is -2.23. The van der Waals surface area contributed by atoms with Crippen LogP contribution in [-0.2, 0) is 14.2 Å². The molecule has 0 bridgehead atoms. The molecule has 0 aromatic heterocycles. The van der Waals surface area contributed by atoms with Gasteiger partial charge < -0.3 is 19.3 Å². The first-order valence-electron chi connectivity index (χ1n) is 12.1. The van der Waals surface area contributed by atoms with Gasteiger partial charge in [-0.3, -0.25) is 0 Å². The van der Waals surface area contributed by atoms with E-state index in [1.807, 2.05) is 0 Å². The molecule has 31 heavy (non-hydrogen) atoms. The Hall–Kier alpha value is -1.20. The first kappa shape index (κ1) is 24.4. The molecular weight excluding hydrogens is 388 g/mol. The Balaban J connectivity index is 1.27. The summed E-state index contributed by atoms with van der Waals surface area (Å²) in [6.45, 7) is 12.2. The van der Waals surface area contributed by atoms with Crippen molar-refractivity contribution in [3.05, 3.63) is 48.1 Å². The molecule has 0 radical (unpaired) electrons. The van der Waals surface area contributed by atoms with E-state index >= 15 is 0 Å². The molecule has 0 saturated carbocycles. The number of hydrogen-bond acceptors (Lipinski definition) is 4. The summed E-state index contributed by atoms with van der Waals surface area (Å²) in [6, 6.07) is 0. The summed E-state index contributed by atoms with van der Waals surface area (Å²) in [5.41, 5.74) is 2.68. The fourth-order valence-corrected chi connectivity index (χ4v) is 4.63. The summed E-state index contributed by atoms with van der Waals surface area (Å²) in [4.78, 5) is 0. The van der Waals surface area contributed by atoms with Crippen molar-refractivity contribution >= 4 is 0 Å². The van der Waals surface area contributed by atoms with Crippen LogP contribution < -0.4 is 0 Å². The van der Waals surface area contributed by atoms with Crippen LogP contribution in [0.15, 0.2) is 48.1 Å². The zero-order valence-electron chi connectivity index (χ0n) is 19.7. The molecule has 3 rings (SSSR count). The second-order valence-electron chi connectivity index (χ2n) is 9.88. The molecule has 0 aromatic rings. The monoisotopic (exact) mass is 430 g/mol. The van der Waals surface area contributed by atoms with Crippen LogP contribution in [0, 0.1) is 11.8 Å². The number of allylic oxidation sites excluding steroid dienone is 1. The standard InChI is InChI=1S/C27H42O4/c1-19(15-21(3)17-23-7-5-6-13-29-23)8-11-26-27(31-26)18-25(28)22(4)9-10-24-16-20(2)12-14-30-24/h5-6,9-10,12,21-28H,1,7-8,11,13-18H2,2-4H3/b10-9+. The van der Waals surface area contributed by atoms with E-state index in [-0.39, 0.29) is 30.3 Å². The first-order chi connectivity index (χ1) is 14.9. The Kier molecular flexibility index (Phi) is 9.58. The Bertz CT molecular complexity index is 664. The van der Waals surface area contributed by atoms with Crippen LogP contribution in [0.4, 0.5) is 0 Å². The van der Waals surface area contributed by atoms with Crippen LogP contribution in [-0.4, -0.2) is 48.8 Å². The van der Waals surface area contributed by atoms with E-state index in [9.17, 15) is 5.11 Å². The molecule has 174 valence electrons. The molecular formula is C27H42O4. The predicted octanol–water partition coefficient (Wildman–Crippen LogP) is 5.53. The highest BCUT2D eigenvalue weighted by atomic mass is 16.6. The molecule has 4 heteroatoms. The Morgan fingerprint density at radius 1 is 1.19 bits per heavy atom. The average molecular weight is 431 g/mol. The second-order valence-corrected chi connectivity index (χ2v) is 9.88. The normalized spacial score (nSPS) is 31.3. The number of aliphatic hydroxyl groups excluding tert-OH is 1. The van der Waals surface area contributed by atoms with Crippen LogP contribution in [0.1, 0.15) is 65.7 Å². The molecule has 1 fully saturated rings. The van der Waals surface area contributed by atoms with Crippen molar-refractivity contribution in [2.75, 3.05) is 13.2 Å². The molecule has 4 nitrogen and oxygen atoms in total. The molecule has 3 aliphatic heterocycles. The molecule has 0 aromatic carbocycles. The summed E-state index contributed by atoms with van der Waals surface area (Å²) < 4.78 is 17.4. The largest absolute Gasteiger partial charge is 0.392 e. The first-order valence-corrected chi connectivity index (χ1v) is 12.1. The van der Waals surface area contributed by atoms with Crippen molar-refractivity contribution in [3.63, 3.8) is 0 Å². The molecule has 7 unspecified atom stereocenters. The Morgan fingerprint density at radius 2 is 2.03 bits per heavy atom. The third-order valence-electron chi connectivity index (χ3n) is 6.74. The van der Waals surface area contributed by atoms with E-state index in [1.165, 1.54) is 11.1 Å². The maximum absolute atomic E-state index is 10.6. The smallest absolute Gasteiger partial charge is 0.0866 e. The van der Waals surface area contributed by atoms with Gasteiger partial charge in [-0.2, -0.15) is 0 Å². The van der Waals surface area contributed by atoms with E-state index in [0.717, 1.165) is 45.1 Å². The van der Waals surface area contributed by atoms with Gasteiger partial charge in [0, 0.05) is 12.3 Å². The maximum Gasteiger partial charge on any atom is 0.0866 e. The third-order valence-corrected chi connectivity index (χ3v) is 6.74. The van der Waals surface area contributed by atoms with Gasteiger partial charge in [-0.1, -0.05) is 62.0 Å². The third kappa shape index (κ3) is 8.69. The predicted molar refractivity (Wildman–Crippen MR) is 126 cm³/mol. The van der Waals surface area contributed by atoms with E-state index < -0.39 is 0 Å². The molecule has 3 aliphatic rings. The minimum absolute atomic E-state index is 0.104. The minimum atomic E-state index is -0.376. The highest BCUT2D eigenvalue weighted by Crippen LogP contribution is 2.34. The molecule has 0 amide bonds. The van der Waals surface area contributed by atoms with Crippen molar-refractivity contribution < 1.29 is 19.3 Å². The number of epoxide rings is 1. The van der Waals surface area contributed by atoms with Crippen LogP contribution in [0.5, 0.6) is 0 Å². The summed E-state index contributed by atoms with van der Waals surface area (Å²) in [7, 11) is 0. The topological polar surface area (TPSA) is 51.2 Å². The quantitative estimate of drug-likeness (QED) is 0.327. The maximum atomic E-state index is 10.6. The second kappa shape index (κ2) is 12.2. The lowest BCUT2D eigenvalue weighted by atomic mass is 9.92. The van der Waals surface area contributed by atoms with Crippen molar-refractivity contribution in [2.45, 2.75) is 96.2 Å². The average Bonchev–Trinajstić information content (AvgIpc) is 3.49. The van der Waals surface area contributed by atoms with Gasteiger partial charge in [-0.05, 0) is 51.4 Å². The van der Waals surface area contributed by atoms with Crippen molar-refractivity contribution in [3.8, 4) is 0 Å². The van der Waals surface area contributed by atoms with Crippen molar-refractivity contribution in [1.29, 1.82) is 0 Å². The van der Waals surface area contributed by atoms with E-state index in [1.54, 1.807) is 0 Å². The van der Waals surface area contributed by atoms with Crippen LogP contribution in [0.3, 0.4) is 0 Å². The lowest BCUT2D eigenvalue weighted by Crippen LogP contribution is -2.20. The van der Waals surface area contributed by atoms with Crippen LogP contribution in [0.2, 0.25) is 0 Å². The van der Waals surface area contributed by atoms with Crippen molar-refractivity contribution in [2.24, 2.45) is 11.8 Å². The van der Waals surface area contributed by atoms with Gasteiger partial charge in [0.15, 0.2) is 0 Å². The van der Waals surface area contributed by atoms with Gasteiger partial charge in [0.2, 0.25) is 0 Å². The van der Waals surface area contributed by atoms with E-state index in [0.29, 0.717) is 25.0 Å². The SMILES string of the molecule is C=C(CCC1OC1CC(O)C(C)/C=C/C1CC(C)=CCO1)CC(C)CC1CC=CCO1.